The molecule has 0 saturated heterocycles. The van der Waals surface area contributed by atoms with Gasteiger partial charge in [0.05, 0.1) is 18.5 Å². The molecule has 168 valence electrons. The van der Waals surface area contributed by atoms with E-state index in [9.17, 15) is 9.59 Å². The molecule has 2 aromatic carbocycles. The second kappa shape index (κ2) is 11.0. The van der Waals surface area contributed by atoms with Crippen molar-refractivity contribution >= 4 is 17.6 Å². The zero-order valence-electron chi connectivity index (χ0n) is 18.6. The van der Waals surface area contributed by atoms with Gasteiger partial charge in [0.25, 0.3) is 11.8 Å². The molecule has 0 aliphatic rings. The van der Waals surface area contributed by atoms with Crippen molar-refractivity contribution in [2.24, 2.45) is 0 Å². The van der Waals surface area contributed by atoms with Crippen molar-refractivity contribution in [3.05, 3.63) is 66.4 Å². The molecular formula is C24H28N4O4. The first-order valence-corrected chi connectivity index (χ1v) is 10.7. The van der Waals surface area contributed by atoms with Crippen LogP contribution in [-0.4, -0.2) is 52.8 Å². The second-order valence-electron chi connectivity index (χ2n) is 6.85. The number of benzene rings is 2. The van der Waals surface area contributed by atoms with Crippen LogP contribution in [0.2, 0.25) is 0 Å². The van der Waals surface area contributed by atoms with E-state index in [1.54, 1.807) is 27.8 Å². The highest BCUT2D eigenvalue weighted by Gasteiger charge is 2.23. The Morgan fingerprint density at radius 3 is 2.19 bits per heavy atom. The maximum atomic E-state index is 13.0. The Hall–Kier alpha value is -3.81. The number of amides is 2. The van der Waals surface area contributed by atoms with E-state index in [-0.39, 0.29) is 12.5 Å². The zero-order valence-corrected chi connectivity index (χ0v) is 18.6. The molecule has 0 fully saturated rings. The third-order valence-corrected chi connectivity index (χ3v) is 4.82. The first-order chi connectivity index (χ1) is 15.6. The minimum Gasteiger partial charge on any atom is -0.490 e. The molecule has 1 heterocycles. The molecule has 3 rings (SSSR count). The van der Waals surface area contributed by atoms with Crippen LogP contribution >= 0.6 is 0 Å². The van der Waals surface area contributed by atoms with Gasteiger partial charge in [0.15, 0.2) is 18.1 Å². The normalized spacial score (nSPS) is 10.5. The number of nitrogens with zero attached hydrogens (tertiary/aromatic N) is 3. The SMILES string of the molecule is CCOc1ccccc1OCC(=O)Nc1c(C(=O)N(CC)CC)cnn1-c1ccccc1. The number of aromatic nitrogens is 2. The van der Waals surface area contributed by atoms with Gasteiger partial charge in [-0.1, -0.05) is 30.3 Å². The molecule has 0 radical (unpaired) electrons. The van der Waals surface area contributed by atoms with E-state index >= 15 is 0 Å². The van der Waals surface area contributed by atoms with Crippen LogP contribution < -0.4 is 14.8 Å². The Kier molecular flexibility index (Phi) is 7.85. The lowest BCUT2D eigenvalue weighted by atomic mass is 10.2. The number of ether oxygens (including phenoxy) is 2. The van der Waals surface area contributed by atoms with Crippen molar-refractivity contribution in [1.29, 1.82) is 0 Å². The van der Waals surface area contributed by atoms with Crippen LogP contribution in [0.15, 0.2) is 60.8 Å². The van der Waals surface area contributed by atoms with Gasteiger partial charge in [-0.3, -0.25) is 9.59 Å². The summed E-state index contributed by atoms with van der Waals surface area (Å²) in [6, 6.07) is 16.5. The van der Waals surface area contributed by atoms with Gasteiger partial charge < -0.3 is 19.7 Å². The number of hydrogen-bond acceptors (Lipinski definition) is 5. The summed E-state index contributed by atoms with van der Waals surface area (Å²) in [5.74, 6) is 0.729. The van der Waals surface area contributed by atoms with E-state index in [4.69, 9.17) is 9.47 Å². The van der Waals surface area contributed by atoms with Crippen LogP contribution in [0.4, 0.5) is 5.82 Å². The molecule has 3 aromatic rings. The Morgan fingerprint density at radius 2 is 1.56 bits per heavy atom. The van der Waals surface area contributed by atoms with Gasteiger partial charge in [-0.15, -0.1) is 0 Å². The summed E-state index contributed by atoms with van der Waals surface area (Å²) < 4.78 is 12.8. The Bertz CT molecular complexity index is 1050. The molecule has 0 unspecified atom stereocenters. The van der Waals surface area contributed by atoms with E-state index in [1.807, 2.05) is 57.2 Å². The zero-order chi connectivity index (χ0) is 22.9. The average Bonchev–Trinajstić information content (AvgIpc) is 3.23. The standard InChI is InChI=1S/C24H28N4O4/c1-4-27(5-2)24(30)19-16-25-28(18-12-8-7-9-13-18)23(19)26-22(29)17-32-21-15-11-10-14-20(21)31-6-3/h7-16H,4-6,17H2,1-3H3,(H,26,29). The van der Waals surface area contributed by atoms with E-state index in [2.05, 4.69) is 10.4 Å². The van der Waals surface area contributed by atoms with Gasteiger partial charge in [0, 0.05) is 13.1 Å². The van der Waals surface area contributed by atoms with Crippen LogP contribution in [0.5, 0.6) is 11.5 Å². The maximum Gasteiger partial charge on any atom is 0.263 e. The van der Waals surface area contributed by atoms with Crippen LogP contribution in [0.25, 0.3) is 5.69 Å². The first kappa shape index (κ1) is 22.9. The molecule has 0 atom stereocenters. The molecule has 8 heteroatoms. The predicted octanol–water partition coefficient (Wildman–Crippen LogP) is 3.77. The molecule has 32 heavy (non-hydrogen) atoms. The summed E-state index contributed by atoms with van der Waals surface area (Å²) in [7, 11) is 0. The fourth-order valence-electron chi connectivity index (χ4n) is 3.23. The molecule has 1 N–H and O–H groups in total. The minimum atomic E-state index is -0.414. The molecule has 0 aliphatic heterocycles. The number of carbonyl (C=O) groups excluding carboxylic acids is 2. The topological polar surface area (TPSA) is 85.7 Å². The van der Waals surface area contributed by atoms with Crippen LogP contribution in [-0.2, 0) is 4.79 Å². The molecule has 1 aromatic heterocycles. The van der Waals surface area contributed by atoms with Crippen LogP contribution in [0.3, 0.4) is 0 Å². The molecule has 0 spiro atoms. The third-order valence-electron chi connectivity index (χ3n) is 4.82. The van der Waals surface area contributed by atoms with E-state index in [1.165, 1.54) is 6.20 Å². The first-order valence-electron chi connectivity index (χ1n) is 10.7. The molecule has 0 bridgehead atoms. The highest BCUT2D eigenvalue weighted by molar-refractivity contribution is 6.03. The van der Waals surface area contributed by atoms with Gasteiger partial charge in [0.2, 0.25) is 0 Å². The summed E-state index contributed by atoms with van der Waals surface area (Å²) in [4.78, 5) is 27.5. The predicted molar refractivity (Wildman–Crippen MR) is 123 cm³/mol. The van der Waals surface area contributed by atoms with Crippen molar-refractivity contribution in [1.82, 2.24) is 14.7 Å². The average molecular weight is 437 g/mol. The summed E-state index contributed by atoms with van der Waals surface area (Å²) in [6.07, 6.45) is 1.48. The monoisotopic (exact) mass is 436 g/mol. The summed E-state index contributed by atoms with van der Waals surface area (Å²) in [5, 5.41) is 7.17. The van der Waals surface area contributed by atoms with Crippen molar-refractivity contribution in [2.75, 3.05) is 31.6 Å². The van der Waals surface area contributed by atoms with Gasteiger partial charge >= 0.3 is 0 Å². The fraction of sp³-hybridized carbons (Fsp3) is 0.292. The Balaban J connectivity index is 1.84. The number of anilines is 1. The Labute approximate surface area is 187 Å². The third kappa shape index (κ3) is 5.26. The van der Waals surface area contributed by atoms with Gasteiger partial charge in [-0.25, -0.2) is 4.68 Å². The molecule has 2 amide bonds. The van der Waals surface area contributed by atoms with Gasteiger partial charge in [-0.2, -0.15) is 5.10 Å². The molecule has 8 nitrogen and oxygen atoms in total. The number of hydrogen-bond donors (Lipinski definition) is 1. The van der Waals surface area contributed by atoms with E-state index in [0.717, 1.165) is 5.69 Å². The summed E-state index contributed by atoms with van der Waals surface area (Å²) in [6.45, 7) is 7.04. The number of para-hydroxylation sites is 3. The second-order valence-corrected chi connectivity index (χ2v) is 6.85. The van der Waals surface area contributed by atoms with Crippen LogP contribution in [0.1, 0.15) is 31.1 Å². The largest absolute Gasteiger partial charge is 0.490 e. The minimum absolute atomic E-state index is 0.199. The Morgan fingerprint density at radius 1 is 0.938 bits per heavy atom. The smallest absolute Gasteiger partial charge is 0.263 e. The van der Waals surface area contributed by atoms with Crippen LogP contribution in [0, 0.1) is 0 Å². The lowest BCUT2D eigenvalue weighted by Crippen LogP contribution is -2.31. The maximum absolute atomic E-state index is 13.0. The van der Waals surface area contributed by atoms with Crippen molar-refractivity contribution in [3.8, 4) is 17.2 Å². The van der Waals surface area contributed by atoms with E-state index < -0.39 is 5.91 Å². The molecular weight excluding hydrogens is 408 g/mol. The quantitative estimate of drug-likeness (QED) is 0.523. The van der Waals surface area contributed by atoms with Crippen molar-refractivity contribution in [2.45, 2.75) is 20.8 Å². The van der Waals surface area contributed by atoms with Crippen molar-refractivity contribution in [3.63, 3.8) is 0 Å². The fourth-order valence-corrected chi connectivity index (χ4v) is 3.23. The van der Waals surface area contributed by atoms with Gasteiger partial charge in [0.1, 0.15) is 11.4 Å². The summed E-state index contributed by atoms with van der Waals surface area (Å²) in [5.41, 5.74) is 1.05. The lowest BCUT2D eigenvalue weighted by molar-refractivity contribution is -0.118. The number of nitrogens with one attached hydrogen (secondary N) is 1. The highest BCUT2D eigenvalue weighted by atomic mass is 16.5. The highest BCUT2D eigenvalue weighted by Crippen LogP contribution is 2.26. The van der Waals surface area contributed by atoms with Gasteiger partial charge in [-0.05, 0) is 45.0 Å². The molecule has 0 aliphatic carbocycles. The molecule has 0 saturated carbocycles. The van der Waals surface area contributed by atoms with Crippen molar-refractivity contribution < 1.29 is 19.1 Å². The van der Waals surface area contributed by atoms with E-state index in [0.29, 0.717) is 42.6 Å². The summed E-state index contributed by atoms with van der Waals surface area (Å²) >= 11 is 0. The lowest BCUT2D eigenvalue weighted by Gasteiger charge is -2.19. The number of rotatable bonds is 10. The number of carbonyl (C=O) groups is 2.